The molecular formula is C21H21N3O2S. The molecule has 1 amide bonds. The summed E-state index contributed by atoms with van der Waals surface area (Å²) in [4.78, 5) is 26.8. The molecule has 0 fully saturated rings. The van der Waals surface area contributed by atoms with Crippen LogP contribution in [0.2, 0.25) is 0 Å². The second kappa shape index (κ2) is 7.37. The lowest BCUT2D eigenvalue weighted by molar-refractivity contribution is -0.119. The molecule has 3 aromatic rings. The fourth-order valence-corrected chi connectivity index (χ4v) is 4.33. The Labute approximate surface area is 161 Å². The minimum absolute atomic E-state index is 0.202. The molecule has 0 aliphatic carbocycles. The van der Waals surface area contributed by atoms with Gasteiger partial charge in [-0.25, -0.2) is 0 Å². The minimum Gasteiger partial charge on any atom is -0.315 e. The van der Waals surface area contributed by atoms with E-state index in [0.29, 0.717) is 17.0 Å². The van der Waals surface area contributed by atoms with Gasteiger partial charge in [-0.2, -0.15) is 5.26 Å². The van der Waals surface area contributed by atoms with Gasteiger partial charge >= 0.3 is 0 Å². The highest BCUT2D eigenvalue weighted by molar-refractivity contribution is 7.16. The Morgan fingerprint density at radius 3 is 2.67 bits per heavy atom. The van der Waals surface area contributed by atoms with Crippen molar-refractivity contribution < 1.29 is 4.79 Å². The summed E-state index contributed by atoms with van der Waals surface area (Å²) in [6.45, 7) is 7.56. The van der Waals surface area contributed by atoms with E-state index in [4.69, 9.17) is 0 Å². The molecule has 27 heavy (non-hydrogen) atoms. The average Bonchev–Trinajstić information content (AvgIpc) is 2.91. The number of thiophene rings is 1. The topological polar surface area (TPSA) is 74.9 Å². The molecule has 2 aromatic heterocycles. The number of hydrogen-bond donors (Lipinski definition) is 1. The molecule has 2 heterocycles. The molecule has 0 spiro atoms. The fourth-order valence-electron chi connectivity index (χ4n) is 3.32. The molecule has 0 saturated heterocycles. The van der Waals surface area contributed by atoms with Crippen molar-refractivity contribution in [2.75, 3.05) is 5.32 Å². The Balaban J connectivity index is 2.08. The summed E-state index contributed by atoms with van der Waals surface area (Å²) in [6, 6.07) is 10.7. The van der Waals surface area contributed by atoms with E-state index in [1.807, 2.05) is 52.0 Å². The van der Waals surface area contributed by atoms with E-state index < -0.39 is 6.04 Å². The van der Waals surface area contributed by atoms with Crippen LogP contribution in [-0.4, -0.2) is 10.5 Å². The number of fused-ring (bicyclic) bond motifs is 1. The molecule has 6 heteroatoms. The number of aryl methyl sites for hydroxylation is 2. The van der Waals surface area contributed by atoms with E-state index in [9.17, 15) is 14.9 Å². The van der Waals surface area contributed by atoms with Crippen LogP contribution >= 0.6 is 11.3 Å². The third-order valence-corrected chi connectivity index (χ3v) is 6.02. The van der Waals surface area contributed by atoms with Gasteiger partial charge in [0.15, 0.2) is 0 Å². The first-order valence-electron chi connectivity index (χ1n) is 8.80. The maximum absolute atomic E-state index is 13.0. The van der Waals surface area contributed by atoms with Gasteiger partial charge < -0.3 is 5.32 Å². The summed E-state index contributed by atoms with van der Waals surface area (Å²) >= 11 is 1.39. The Hall–Kier alpha value is -2.91. The predicted molar refractivity (Wildman–Crippen MR) is 109 cm³/mol. The van der Waals surface area contributed by atoms with E-state index in [-0.39, 0.29) is 11.5 Å². The first-order valence-corrected chi connectivity index (χ1v) is 9.62. The number of nitrogens with one attached hydrogen (secondary N) is 1. The summed E-state index contributed by atoms with van der Waals surface area (Å²) in [5.41, 5.74) is 2.79. The van der Waals surface area contributed by atoms with E-state index in [2.05, 4.69) is 11.4 Å². The van der Waals surface area contributed by atoms with E-state index in [0.717, 1.165) is 26.9 Å². The Morgan fingerprint density at radius 2 is 2.00 bits per heavy atom. The van der Waals surface area contributed by atoms with Crippen molar-refractivity contribution >= 4 is 33.1 Å². The van der Waals surface area contributed by atoms with Gasteiger partial charge in [0.05, 0.1) is 11.1 Å². The molecule has 0 saturated carbocycles. The van der Waals surface area contributed by atoms with Crippen molar-refractivity contribution in [3.05, 3.63) is 62.3 Å². The van der Waals surface area contributed by atoms with Gasteiger partial charge in [0.1, 0.15) is 17.1 Å². The standard InChI is InChI=1S/C21H21N3O2S/c1-5-17(20(26)23-21-16(11-22)13(3)14(4)27-21)24-18-9-7-6-8-15(18)12(2)10-19(24)25/h6-10,17H,5H2,1-4H3,(H,23,26). The normalized spacial score (nSPS) is 12.0. The van der Waals surface area contributed by atoms with Gasteiger partial charge in [-0.15, -0.1) is 11.3 Å². The predicted octanol–water partition coefficient (Wildman–Crippen LogP) is 4.45. The SMILES string of the molecule is CCC(C(=O)Nc1sc(C)c(C)c1C#N)n1c(=O)cc(C)c2ccccc21. The summed E-state index contributed by atoms with van der Waals surface area (Å²) in [5.74, 6) is -0.286. The van der Waals surface area contributed by atoms with Crippen molar-refractivity contribution in [1.82, 2.24) is 4.57 Å². The van der Waals surface area contributed by atoms with E-state index in [1.54, 1.807) is 10.6 Å². The van der Waals surface area contributed by atoms with Gasteiger partial charge in [-0.05, 0) is 44.4 Å². The number of hydrogen-bond acceptors (Lipinski definition) is 4. The number of pyridine rings is 1. The lowest BCUT2D eigenvalue weighted by Gasteiger charge is -2.20. The summed E-state index contributed by atoms with van der Waals surface area (Å²) in [5, 5.41) is 13.8. The third-order valence-electron chi connectivity index (χ3n) is 4.90. The smallest absolute Gasteiger partial charge is 0.252 e. The Bertz CT molecular complexity index is 1130. The molecule has 1 unspecified atom stereocenters. The molecule has 0 aliphatic heterocycles. The molecule has 138 valence electrons. The van der Waals surface area contributed by atoms with Crippen LogP contribution in [0.5, 0.6) is 0 Å². The highest BCUT2D eigenvalue weighted by atomic mass is 32.1. The second-order valence-corrected chi connectivity index (χ2v) is 7.79. The van der Waals surface area contributed by atoms with Crippen molar-refractivity contribution in [3.63, 3.8) is 0 Å². The lowest BCUT2D eigenvalue weighted by Crippen LogP contribution is -2.33. The van der Waals surface area contributed by atoms with Crippen molar-refractivity contribution in [2.45, 2.75) is 40.2 Å². The molecule has 3 rings (SSSR count). The quantitative estimate of drug-likeness (QED) is 0.728. The van der Waals surface area contributed by atoms with E-state index in [1.165, 1.54) is 11.3 Å². The van der Waals surface area contributed by atoms with Crippen molar-refractivity contribution in [3.8, 4) is 6.07 Å². The largest absolute Gasteiger partial charge is 0.315 e. The lowest BCUT2D eigenvalue weighted by atomic mass is 10.1. The van der Waals surface area contributed by atoms with Crippen LogP contribution in [0.15, 0.2) is 35.1 Å². The fraction of sp³-hybridized carbons (Fsp3) is 0.286. The Morgan fingerprint density at radius 1 is 1.30 bits per heavy atom. The summed E-state index contributed by atoms with van der Waals surface area (Å²) in [6.07, 6.45) is 0.462. The van der Waals surface area contributed by atoms with Crippen LogP contribution in [0.1, 0.15) is 41.0 Å². The first kappa shape index (κ1) is 18.9. The highest BCUT2D eigenvalue weighted by Crippen LogP contribution is 2.32. The Kier molecular flexibility index (Phi) is 5.15. The number of aromatic nitrogens is 1. The zero-order chi connectivity index (χ0) is 19.7. The third kappa shape index (κ3) is 3.26. The number of nitrogens with zero attached hydrogens (tertiary/aromatic N) is 2. The van der Waals surface area contributed by atoms with Crippen molar-refractivity contribution in [1.29, 1.82) is 5.26 Å². The number of nitriles is 1. The average molecular weight is 379 g/mol. The van der Waals surface area contributed by atoms with Crippen LogP contribution < -0.4 is 10.9 Å². The van der Waals surface area contributed by atoms with Crippen LogP contribution in [0.25, 0.3) is 10.9 Å². The molecule has 1 aromatic carbocycles. The van der Waals surface area contributed by atoms with Crippen LogP contribution in [0.3, 0.4) is 0 Å². The molecule has 0 bridgehead atoms. The van der Waals surface area contributed by atoms with Gasteiger partial charge in [-0.1, -0.05) is 25.1 Å². The number of carbonyl (C=O) groups excluding carboxylic acids is 1. The van der Waals surface area contributed by atoms with Crippen LogP contribution in [0, 0.1) is 32.1 Å². The molecule has 1 N–H and O–H groups in total. The minimum atomic E-state index is -0.655. The molecule has 0 aliphatic rings. The molecule has 0 radical (unpaired) electrons. The van der Waals surface area contributed by atoms with Crippen molar-refractivity contribution in [2.24, 2.45) is 0 Å². The maximum Gasteiger partial charge on any atom is 0.252 e. The number of amides is 1. The molecular weight excluding hydrogens is 358 g/mol. The van der Waals surface area contributed by atoms with Crippen LogP contribution in [0.4, 0.5) is 5.00 Å². The highest BCUT2D eigenvalue weighted by Gasteiger charge is 2.24. The first-order chi connectivity index (χ1) is 12.9. The van der Waals surface area contributed by atoms with Gasteiger partial charge in [0, 0.05) is 16.3 Å². The number of benzene rings is 1. The van der Waals surface area contributed by atoms with Crippen LogP contribution in [-0.2, 0) is 4.79 Å². The summed E-state index contributed by atoms with van der Waals surface area (Å²) in [7, 11) is 0. The van der Waals surface area contributed by atoms with Gasteiger partial charge in [0.2, 0.25) is 5.91 Å². The summed E-state index contributed by atoms with van der Waals surface area (Å²) < 4.78 is 1.55. The number of rotatable bonds is 4. The van der Waals surface area contributed by atoms with E-state index >= 15 is 0 Å². The number of carbonyl (C=O) groups is 1. The van der Waals surface area contributed by atoms with Gasteiger partial charge in [-0.3, -0.25) is 14.2 Å². The number of para-hydroxylation sites is 1. The zero-order valence-corrected chi connectivity index (χ0v) is 16.6. The number of anilines is 1. The molecule has 1 atom stereocenters. The molecule has 5 nitrogen and oxygen atoms in total. The maximum atomic E-state index is 13.0. The van der Waals surface area contributed by atoms with Gasteiger partial charge in [0.25, 0.3) is 5.56 Å². The zero-order valence-electron chi connectivity index (χ0n) is 15.8. The monoisotopic (exact) mass is 379 g/mol. The second-order valence-electron chi connectivity index (χ2n) is 6.57.